The predicted molar refractivity (Wildman–Crippen MR) is 97.6 cm³/mol. The number of hydrogen-bond donors (Lipinski definition) is 2. The van der Waals surface area contributed by atoms with Crippen molar-refractivity contribution in [1.82, 2.24) is 15.1 Å². The molecule has 1 aromatic carbocycles. The Morgan fingerprint density at radius 1 is 1.19 bits per heavy atom. The van der Waals surface area contributed by atoms with Crippen LogP contribution in [0.4, 0.5) is 4.79 Å². The Morgan fingerprint density at radius 3 is 2.73 bits per heavy atom. The quantitative estimate of drug-likeness (QED) is 0.866. The summed E-state index contributed by atoms with van der Waals surface area (Å²) < 4.78 is 0. The van der Waals surface area contributed by atoms with Crippen molar-refractivity contribution in [1.29, 1.82) is 0 Å². The highest BCUT2D eigenvalue weighted by Crippen LogP contribution is 2.48. The third-order valence-electron chi connectivity index (χ3n) is 6.43. The molecule has 2 N–H and O–H groups in total. The number of carboxylic acid groups (broad SMARTS) is 1. The largest absolute Gasteiger partial charge is 0.481 e. The topological polar surface area (TPSA) is 72.9 Å². The van der Waals surface area contributed by atoms with Gasteiger partial charge in [0.15, 0.2) is 0 Å². The van der Waals surface area contributed by atoms with Gasteiger partial charge in [0, 0.05) is 38.8 Å². The molecule has 3 fully saturated rings. The lowest BCUT2D eigenvalue weighted by Crippen LogP contribution is -2.46. The fourth-order valence-corrected chi connectivity index (χ4v) is 5.00. The predicted octanol–water partition coefficient (Wildman–Crippen LogP) is 2.16. The molecule has 1 aromatic rings. The molecule has 1 aliphatic carbocycles. The summed E-state index contributed by atoms with van der Waals surface area (Å²) in [7, 11) is 0. The highest BCUT2D eigenvalue weighted by molar-refractivity contribution is 5.80. The maximum absolute atomic E-state index is 12.7. The third-order valence-corrected chi connectivity index (χ3v) is 6.43. The van der Waals surface area contributed by atoms with Crippen molar-refractivity contribution < 1.29 is 14.7 Å². The van der Waals surface area contributed by atoms with E-state index in [0.717, 1.165) is 38.9 Å². The lowest BCUT2D eigenvalue weighted by molar-refractivity contribution is -0.149. The molecule has 0 spiro atoms. The zero-order chi connectivity index (χ0) is 18.1. The maximum Gasteiger partial charge on any atom is 0.317 e. The number of amides is 2. The van der Waals surface area contributed by atoms with Gasteiger partial charge in [-0.25, -0.2) is 4.79 Å². The monoisotopic (exact) mass is 357 g/mol. The van der Waals surface area contributed by atoms with Gasteiger partial charge in [0.1, 0.15) is 0 Å². The van der Waals surface area contributed by atoms with Crippen LogP contribution in [0.1, 0.15) is 31.2 Å². The number of urea groups is 1. The Hall–Kier alpha value is -2.08. The van der Waals surface area contributed by atoms with E-state index in [1.54, 1.807) is 4.90 Å². The summed E-state index contributed by atoms with van der Waals surface area (Å²) in [6.07, 6.45) is 3.53. The molecule has 0 aromatic heterocycles. The van der Waals surface area contributed by atoms with E-state index in [-0.39, 0.29) is 18.0 Å². The third kappa shape index (κ3) is 3.18. The number of hydrogen-bond acceptors (Lipinski definition) is 3. The summed E-state index contributed by atoms with van der Waals surface area (Å²) in [6.45, 7) is 3.67. The normalized spacial score (nSPS) is 31.2. The van der Waals surface area contributed by atoms with Gasteiger partial charge in [-0.15, -0.1) is 0 Å². The summed E-state index contributed by atoms with van der Waals surface area (Å²) in [6, 6.07) is 10.4. The van der Waals surface area contributed by atoms with E-state index in [1.165, 1.54) is 5.56 Å². The molecule has 2 heterocycles. The summed E-state index contributed by atoms with van der Waals surface area (Å²) in [5, 5.41) is 12.8. The summed E-state index contributed by atoms with van der Waals surface area (Å²) >= 11 is 0. The Morgan fingerprint density at radius 2 is 2.00 bits per heavy atom. The molecular weight excluding hydrogens is 330 g/mol. The van der Waals surface area contributed by atoms with E-state index in [4.69, 9.17) is 0 Å². The van der Waals surface area contributed by atoms with Gasteiger partial charge in [-0.05, 0) is 30.7 Å². The average Bonchev–Trinajstić information content (AvgIpc) is 3.30. The minimum Gasteiger partial charge on any atom is -0.481 e. The van der Waals surface area contributed by atoms with Crippen LogP contribution in [0.15, 0.2) is 30.3 Å². The Labute approximate surface area is 154 Å². The first kappa shape index (κ1) is 17.3. The molecule has 1 unspecified atom stereocenters. The number of nitrogens with one attached hydrogen (secondary N) is 1. The minimum absolute atomic E-state index is 0.0911. The summed E-state index contributed by atoms with van der Waals surface area (Å²) in [5.41, 5.74) is 0.585. The average molecular weight is 357 g/mol. The van der Waals surface area contributed by atoms with Gasteiger partial charge >= 0.3 is 12.0 Å². The highest BCUT2D eigenvalue weighted by Gasteiger charge is 2.55. The van der Waals surface area contributed by atoms with Gasteiger partial charge in [-0.1, -0.05) is 36.8 Å². The summed E-state index contributed by atoms with van der Waals surface area (Å²) in [5.74, 6) is -0.617. The van der Waals surface area contributed by atoms with E-state index in [0.29, 0.717) is 19.5 Å². The van der Waals surface area contributed by atoms with Crippen LogP contribution < -0.4 is 5.32 Å². The first-order valence-corrected chi connectivity index (χ1v) is 9.62. The van der Waals surface area contributed by atoms with Gasteiger partial charge in [-0.3, -0.25) is 9.69 Å². The molecule has 2 saturated heterocycles. The number of benzene rings is 1. The standard InChI is InChI=1S/C20H27N3O3/c24-18(25)20-9-4-7-16(20)12-23(14-20)19(26)21-17-8-10-22(13-17)11-15-5-2-1-3-6-15/h1-3,5-6,16-17H,4,7-14H2,(H,21,26)(H,24,25)/t16-,17?,20+/m0/s1. The molecule has 2 amide bonds. The Balaban J connectivity index is 1.30. The SMILES string of the molecule is O=C(NC1CCN(Cc2ccccc2)C1)N1C[C@@H]2CCC[C@@]2(C(=O)O)C1. The number of fused-ring (bicyclic) bond motifs is 1. The molecule has 1 saturated carbocycles. The molecule has 6 nitrogen and oxygen atoms in total. The van der Waals surface area contributed by atoms with E-state index in [1.807, 2.05) is 18.2 Å². The van der Waals surface area contributed by atoms with Gasteiger partial charge < -0.3 is 15.3 Å². The van der Waals surface area contributed by atoms with Crippen LogP contribution in [0.5, 0.6) is 0 Å². The van der Waals surface area contributed by atoms with Crippen molar-refractivity contribution in [2.75, 3.05) is 26.2 Å². The number of nitrogens with zero attached hydrogens (tertiary/aromatic N) is 2. The second kappa shape index (κ2) is 6.91. The van der Waals surface area contributed by atoms with Crippen molar-refractivity contribution in [3.63, 3.8) is 0 Å². The fraction of sp³-hybridized carbons (Fsp3) is 0.600. The number of carboxylic acids is 1. The number of carbonyl (C=O) groups excluding carboxylic acids is 1. The van der Waals surface area contributed by atoms with Crippen LogP contribution in [-0.2, 0) is 11.3 Å². The van der Waals surface area contributed by atoms with E-state index in [2.05, 4.69) is 22.3 Å². The molecule has 3 atom stereocenters. The highest BCUT2D eigenvalue weighted by atomic mass is 16.4. The fourth-order valence-electron chi connectivity index (χ4n) is 5.00. The zero-order valence-electron chi connectivity index (χ0n) is 15.1. The molecule has 26 heavy (non-hydrogen) atoms. The summed E-state index contributed by atoms with van der Waals surface area (Å²) in [4.78, 5) is 28.5. The van der Waals surface area contributed by atoms with Gasteiger partial charge in [0.25, 0.3) is 0 Å². The van der Waals surface area contributed by atoms with Crippen LogP contribution in [0.2, 0.25) is 0 Å². The first-order valence-electron chi connectivity index (χ1n) is 9.62. The van der Waals surface area contributed by atoms with Crippen molar-refractivity contribution in [2.24, 2.45) is 11.3 Å². The van der Waals surface area contributed by atoms with Crippen molar-refractivity contribution in [3.05, 3.63) is 35.9 Å². The van der Waals surface area contributed by atoms with Gasteiger partial charge in [-0.2, -0.15) is 0 Å². The number of aliphatic carboxylic acids is 1. The molecule has 3 aliphatic rings. The Kier molecular flexibility index (Phi) is 4.61. The van der Waals surface area contributed by atoms with Crippen LogP contribution in [0, 0.1) is 11.3 Å². The molecular formula is C20H27N3O3. The second-order valence-electron chi connectivity index (χ2n) is 8.09. The first-order chi connectivity index (χ1) is 12.6. The zero-order valence-corrected chi connectivity index (χ0v) is 15.1. The number of rotatable bonds is 4. The Bertz CT molecular complexity index is 680. The molecule has 140 valence electrons. The van der Waals surface area contributed by atoms with E-state index >= 15 is 0 Å². The van der Waals surface area contributed by atoms with E-state index in [9.17, 15) is 14.7 Å². The lowest BCUT2D eigenvalue weighted by Gasteiger charge is -2.24. The van der Waals surface area contributed by atoms with Crippen LogP contribution in [0.3, 0.4) is 0 Å². The van der Waals surface area contributed by atoms with Crippen molar-refractivity contribution in [3.8, 4) is 0 Å². The number of carbonyl (C=O) groups is 2. The molecule has 6 heteroatoms. The smallest absolute Gasteiger partial charge is 0.317 e. The molecule has 2 aliphatic heterocycles. The maximum atomic E-state index is 12.7. The molecule has 4 rings (SSSR count). The van der Waals surface area contributed by atoms with E-state index < -0.39 is 11.4 Å². The van der Waals surface area contributed by atoms with Gasteiger partial charge in [0.2, 0.25) is 0 Å². The number of likely N-dealkylation sites (tertiary alicyclic amines) is 2. The molecule has 0 radical (unpaired) electrons. The lowest BCUT2D eigenvalue weighted by atomic mass is 9.81. The van der Waals surface area contributed by atoms with Crippen LogP contribution >= 0.6 is 0 Å². The van der Waals surface area contributed by atoms with Crippen LogP contribution in [0.25, 0.3) is 0 Å². The second-order valence-corrected chi connectivity index (χ2v) is 8.09. The minimum atomic E-state index is -0.731. The van der Waals surface area contributed by atoms with Crippen LogP contribution in [-0.4, -0.2) is 59.1 Å². The molecule has 0 bridgehead atoms. The van der Waals surface area contributed by atoms with Crippen molar-refractivity contribution in [2.45, 2.75) is 38.3 Å². The van der Waals surface area contributed by atoms with Gasteiger partial charge in [0.05, 0.1) is 5.41 Å². The van der Waals surface area contributed by atoms with Crippen molar-refractivity contribution >= 4 is 12.0 Å².